The molecule has 0 radical (unpaired) electrons. The third-order valence-electron chi connectivity index (χ3n) is 2.68. The molecule has 0 amide bonds. The van der Waals surface area contributed by atoms with Crippen LogP contribution in [0.2, 0.25) is 10.0 Å². The third-order valence-corrected chi connectivity index (χ3v) is 4.11. The van der Waals surface area contributed by atoms with Gasteiger partial charge in [0.25, 0.3) is 0 Å². The summed E-state index contributed by atoms with van der Waals surface area (Å²) in [6.45, 7) is 2.28. The van der Waals surface area contributed by atoms with E-state index in [1.165, 1.54) is 12.1 Å². The van der Waals surface area contributed by atoms with E-state index < -0.39 is 5.82 Å². The van der Waals surface area contributed by atoms with Gasteiger partial charge in [0.15, 0.2) is 0 Å². The zero-order chi connectivity index (χ0) is 14.0. The maximum absolute atomic E-state index is 13.4. The Kier molecular flexibility index (Phi) is 4.62. The molecule has 1 unspecified atom stereocenters. The lowest BCUT2D eigenvalue weighted by Crippen LogP contribution is -2.19. The average molecular weight is 321 g/mol. The predicted molar refractivity (Wildman–Crippen MR) is 76.6 cm³/mol. The van der Waals surface area contributed by atoms with Gasteiger partial charge in [-0.15, -0.1) is 0 Å². The first-order valence-corrected chi connectivity index (χ1v) is 7.16. The maximum Gasteiger partial charge on any atom is 0.304 e. The fourth-order valence-electron chi connectivity index (χ4n) is 1.71. The quantitative estimate of drug-likeness (QED) is 0.843. The molecule has 19 heavy (non-hydrogen) atoms. The van der Waals surface area contributed by atoms with Crippen molar-refractivity contribution >= 4 is 34.5 Å². The van der Waals surface area contributed by atoms with E-state index in [-0.39, 0.29) is 15.9 Å². The van der Waals surface area contributed by atoms with Gasteiger partial charge in [-0.05, 0) is 19.1 Å². The zero-order valence-corrected chi connectivity index (χ0v) is 12.3. The number of halogens is 3. The number of rotatable bonds is 4. The summed E-state index contributed by atoms with van der Waals surface area (Å²) in [7, 11) is 0. The van der Waals surface area contributed by atoms with Crippen molar-refractivity contribution < 1.29 is 4.39 Å². The van der Waals surface area contributed by atoms with E-state index in [1.807, 2.05) is 6.92 Å². The molecule has 0 aliphatic rings. The van der Waals surface area contributed by atoms with Crippen molar-refractivity contribution in [2.45, 2.75) is 19.5 Å². The molecule has 0 aliphatic heterocycles. The van der Waals surface area contributed by atoms with Crippen molar-refractivity contribution in [3.8, 4) is 0 Å². The largest absolute Gasteiger partial charge is 0.315 e. The first-order chi connectivity index (χ1) is 8.99. The zero-order valence-electron chi connectivity index (χ0n) is 9.97. The molecule has 0 fully saturated rings. The van der Waals surface area contributed by atoms with Crippen LogP contribution in [0, 0.1) is 5.82 Å². The van der Waals surface area contributed by atoms with Gasteiger partial charge in [0.1, 0.15) is 5.82 Å². The molecule has 1 aromatic carbocycles. The van der Waals surface area contributed by atoms with Crippen LogP contribution in [0.25, 0.3) is 0 Å². The smallest absolute Gasteiger partial charge is 0.304 e. The Bertz CT molecular complexity index is 641. The summed E-state index contributed by atoms with van der Waals surface area (Å²) in [5.41, 5.74) is 1.28. The van der Waals surface area contributed by atoms with Crippen LogP contribution in [-0.2, 0) is 6.54 Å². The fraction of sp³-hybridized carbons (Fsp3) is 0.250. The average Bonchev–Trinajstić information content (AvgIpc) is 2.78. The van der Waals surface area contributed by atoms with Crippen LogP contribution in [0.3, 0.4) is 0 Å². The first kappa shape index (κ1) is 14.5. The van der Waals surface area contributed by atoms with Crippen LogP contribution < -0.4 is 10.2 Å². The number of hydrogen-bond donors (Lipinski definition) is 2. The number of aromatic amines is 1. The van der Waals surface area contributed by atoms with E-state index >= 15 is 0 Å². The van der Waals surface area contributed by atoms with E-state index in [9.17, 15) is 9.18 Å². The molecular weight excluding hydrogens is 310 g/mol. The number of thiazole rings is 1. The van der Waals surface area contributed by atoms with Gasteiger partial charge >= 0.3 is 4.87 Å². The normalized spacial score (nSPS) is 12.6. The van der Waals surface area contributed by atoms with E-state index in [0.29, 0.717) is 17.1 Å². The van der Waals surface area contributed by atoms with Crippen LogP contribution in [0.1, 0.15) is 24.2 Å². The van der Waals surface area contributed by atoms with Crippen molar-refractivity contribution in [3.05, 3.63) is 54.3 Å². The van der Waals surface area contributed by atoms with Crippen LogP contribution in [0.5, 0.6) is 0 Å². The summed E-state index contributed by atoms with van der Waals surface area (Å²) >= 11 is 13.1. The summed E-state index contributed by atoms with van der Waals surface area (Å²) in [6, 6.07) is 2.47. The predicted octanol–water partition coefficient (Wildman–Crippen LogP) is 3.73. The second-order valence-corrected chi connectivity index (χ2v) is 5.66. The van der Waals surface area contributed by atoms with Crippen molar-refractivity contribution in [3.63, 3.8) is 0 Å². The van der Waals surface area contributed by atoms with E-state index in [4.69, 9.17) is 23.2 Å². The molecule has 0 bridgehead atoms. The Morgan fingerprint density at radius 1 is 1.47 bits per heavy atom. The number of hydrogen-bond acceptors (Lipinski definition) is 3. The van der Waals surface area contributed by atoms with Crippen molar-refractivity contribution in [1.29, 1.82) is 0 Å². The molecule has 1 atom stereocenters. The molecular formula is C12H11Cl2FN2OS. The number of aromatic nitrogens is 1. The lowest BCUT2D eigenvalue weighted by molar-refractivity contribution is 0.560. The molecule has 0 spiro atoms. The van der Waals surface area contributed by atoms with Crippen LogP contribution in [0.4, 0.5) is 4.39 Å². The molecule has 7 heteroatoms. The van der Waals surface area contributed by atoms with Gasteiger partial charge in [-0.3, -0.25) is 4.79 Å². The molecule has 102 valence electrons. The summed E-state index contributed by atoms with van der Waals surface area (Å²) in [6.07, 6.45) is 0. The minimum Gasteiger partial charge on any atom is -0.315 e. The second kappa shape index (κ2) is 6.05. The molecule has 2 rings (SSSR count). The number of H-pyrrole nitrogens is 1. The highest BCUT2D eigenvalue weighted by Crippen LogP contribution is 2.32. The van der Waals surface area contributed by atoms with Gasteiger partial charge in [-0.1, -0.05) is 34.5 Å². The maximum atomic E-state index is 13.4. The van der Waals surface area contributed by atoms with Gasteiger partial charge in [0.2, 0.25) is 0 Å². The molecule has 0 saturated carbocycles. The summed E-state index contributed by atoms with van der Waals surface area (Å²) in [5, 5.41) is 5.30. The topological polar surface area (TPSA) is 44.9 Å². The standard InChI is InChI=1S/C12H11Cl2FN2OS/c1-6(16-4-7-5-19-12(18)17-7)10-8(13)2-3-9(15)11(10)14/h2-3,5-6,16H,4H2,1H3,(H,17,18). The van der Waals surface area contributed by atoms with Crippen LogP contribution in [-0.4, -0.2) is 4.98 Å². The highest BCUT2D eigenvalue weighted by molar-refractivity contribution is 7.07. The van der Waals surface area contributed by atoms with E-state index in [1.54, 1.807) is 5.38 Å². The number of nitrogens with one attached hydrogen (secondary N) is 2. The monoisotopic (exact) mass is 320 g/mol. The Hall–Kier alpha value is -0.880. The Labute approximate surface area is 123 Å². The molecule has 0 aliphatic carbocycles. The van der Waals surface area contributed by atoms with Crippen LogP contribution in [0.15, 0.2) is 22.3 Å². The first-order valence-electron chi connectivity index (χ1n) is 5.52. The lowest BCUT2D eigenvalue weighted by atomic mass is 10.1. The molecule has 3 nitrogen and oxygen atoms in total. The highest BCUT2D eigenvalue weighted by atomic mass is 35.5. The fourth-order valence-corrected chi connectivity index (χ4v) is 2.98. The second-order valence-electron chi connectivity index (χ2n) is 4.03. The van der Waals surface area contributed by atoms with Gasteiger partial charge in [-0.2, -0.15) is 0 Å². The molecule has 1 aromatic heterocycles. The minimum absolute atomic E-state index is 0.0197. The summed E-state index contributed by atoms with van der Waals surface area (Å²) in [4.78, 5) is 13.6. The Balaban J connectivity index is 2.14. The lowest BCUT2D eigenvalue weighted by Gasteiger charge is -2.17. The van der Waals surface area contributed by atoms with Crippen molar-refractivity contribution in [2.24, 2.45) is 0 Å². The SMILES string of the molecule is CC(NCc1csc(=O)[nH]1)c1c(Cl)ccc(F)c1Cl. The Morgan fingerprint density at radius 3 is 2.84 bits per heavy atom. The summed E-state index contributed by atoms with van der Waals surface area (Å²) < 4.78 is 13.4. The van der Waals surface area contributed by atoms with Crippen molar-refractivity contribution in [1.82, 2.24) is 10.3 Å². The Morgan fingerprint density at radius 2 is 2.21 bits per heavy atom. The van der Waals surface area contributed by atoms with E-state index in [0.717, 1.165) is 17.0 Å². The highest BCUT2D eigenvalue weighted by Gasteiger charge is 2.16. The van der Waals surface area contributed by atoms with Gasteiger partial charge in [-0.25, -0.2) is 4.39 Å². The molecule has 2 N–H and O–H groups in total. The molecule has 1 heterocycles. The molecule has 2 aromatic rings. The molecule has 0 saturated heterocycles. The van der Waals surface area contributed by atoms with Gasteiger partial charge in [0.05, 0.1) is 5.02 Å². The summed E-state index contributed by atoms with van der Waals surface area (Å²) in [5.74, 6) is -0.501. The van der Waals surface area contributed by atoms with Gasteiger partial charge < -0.3 is 10.3 Å². The third kappa shape index (κ3) is 3.36. The van der Waals surface area contributed by atoms with Gasteiger partial charge in [0, 0.05) is 34.2 Å². The minimum atomic E-state index is -0.501. The van der Waals surface area contributed by atoms with Crippen LogP contribution >= 0.6 is 34.5 Å². The van der Waals surface area contributed by atoms with Crippen molar-refractivity contribution in [2.75, 3.05) is 0 Å². The number of benzene rings is 1. The van der Waals surface area contributed by atoms with E-state index in [2.05, 4.69) is 10.3 Å².